The number of hydroxylamine groups is 2. The van der Waals surface area contributed by atoms with Crippen molar-refractivity contribution >= 4 is 48.1 Å². The average Bonchev–Trinajstić information content (AvgIpc) is 2.74. The summed E-state index contributed by atoms with van der Waals surface area (Å²) in [6, 6.07) is 1.12. The Morgan fingerprint density at radius 3 is 2.73 bits per heavy atom. The van der Waals surface area contributed by atoms with Gasteiger partial charge in [0.25, 0.3) is 5.91 Å². The summed E-state index contributed by atoms with van der Waals surface area (Å²) < 4.78 is 46.6. The highest BCUT2D eigenvalue weighted by Gasteiger charge is 2.24. The summed E-state index contributed by atoms with van der Waals surface area (Å²) in [6.45, 7) is -0.402. The quantitative estimate of drug-likeness (QED) is 0.178. The minimum Gasteiger partial charge on any atom is -0.394 e. The summed E-state index contributed by atoms with van der Waals surface area (Å²) >= 11 is 0.970. The zero-order chi connectivity index (χ0) is 21.9. The first-order valence-corrected chi connectivity index (χ1v) is 12.5. The fraction of sp³-hybridized carbons (Fsp3) is 0.333. The van der Waals surface area contributed by atoms with Crippen LogP contribution in [0.3, 0.4) is 0 Å². The molecule has 0 atom stereocenters. The van der Waals surface area contributed by atoms with Crippen LogP contribution in [0.4, 0.5) is 18.9 Å². The molecule has 0 unspecified atom stereocenters. The number of anilines is 1. The molecule has 0 bridgehead atoms. The fourth-order valence-electron chi connectivity index (χ4n) is 2.22. The van der Waals surface area contributed by atoms with E-state index >= 15 is 0 Å². The van der Waals surface area contributed by atoms with Gasteiger partial charge in [-0.1, -0.05) is 20.7 Å². The Labute approximate surface area is 185 Å². The predicted molar refractivity (Wildman–Crippen MR) is 119 cm³/mol. The molecule has 12 heteroatoms. The number of carbonyl (C=O) groups excluding carboxylic acids is 1. The van der Waals surface area contributed by atoms with Crippen LogP contribution in [0.5, 0.6) is 0 Å². The van der Waals surface area contributed by atoms with Gasteiger partial charge in [-0.05, 0) is 22.5 Å². The number of allylic oxidation sites excluding steroid dienone is 2. The molecular formula is C18H21F3IN3O4S. The molecule has 1 heterocycles. The molecule has 4 N–H and O–H groups in total. The molecule has 0 spiro atoms. The van der Waals surface area contributed by atoms with E-state index in [0.29, 0.717) is 12.4 Å². The van der Waals surface area contributed by atoms with Crippen molar-refractivity contribution in [1.82, 2.24) is 11.0 Å². The number of benzene rings is 1. The first-order chi connectivity index (χ1) is 14.5. The fourth-order valence-corrected chi connectivity index (χ4v) is 3.89. The minimum atomic E-state index is -1.35. The Morgan fingerprint density at radius 2 is 2.03 bits per heavy atom. The molecule has 2 rings (SSSR count). The van der Waals surface area contributed by atoms with Crippen LogP contribution >= 0.6 is 32.5 Å². The molecule has 1 aromatic carbocycles. The van der Waals surface area contributed by atoms with Crippen molar-refractivity contribution in [3.05, 3.63) is 50.5 Å². The Hall–Kier alpha value is -1.45. The molecule has 30 heavy (non-hydrogen) atoms. The van der Waals surface area contributed by atoms with Gasteiger partial charge in [-0.2, -0.15) is 17.2 Å². The molecule has 1 amide bonds. The number of hydrogen-bond donors (Lipinski definition) is 4. The van der Waals surface area contributed by atoms with Crippen LogP contribution in [0.2, 0.25) is 0 Å². The maximum absolute atomic E-state index is 14.8. The van der Waals surface area contributed by atoms with Crippen LogP contribution in [-0.2, 0) is 16.2 Å². The number of amides is 1. The lowest BCUT2D eigenvalue weighted by molar-refractivity contribution is 0.0168. The van der Waals surface area contributed by atoms with Crippen LogP contribution in [0, 0.1) is 11.6 Å². The maximum atomic E-state index is 14.8. The Morgan fingerprint density at radius 1 is 1.23 bits per heavy atom. The van der Waals surface area contributed by atoms with Crippen molar-refractivity contribution in [1.29, 1.82) is 0 Å². The van der Waals surface area contributed by atoms with Gasteiger partial charge in [-0.15, -0.1) is 0 Å². The summed E-state index contributed by atoms with van der Waals surface area (Å²) in [5, 5.41) is 11.2. The Kier molecular flexibility index (Phi) is 10.8. The van der Waals surface area contributed by atoms with Gasteiger partial charge >= 0.3 is 0 Å². The van der Waals surface area contributed by atoms with E-state index in [9.17, 15) is 18.0 Å². The van der Waals surface area contributed by atoms with Gasteiger partial charge in [-0.3, -0.25) is 9.63 Å². The smallest absolute Gasteiger partial charge is 0.277 e. The number of halogens is 4. The second-order valence-corrected chi connectivity index (χ2v) is 8.71. The lowest BCUT2D eigenvalue weighted by atomic mass is 10.1. The zero-order valence-corrected chi connectivity index (χ0v) is 18.9. The first kappa shape index (κ1) is 24.8. The Bertz CT molecular complexity index is 852. The Balaban J connectivity index is 2.33. The maximum Gasteiger partial charge on any atom is 0.277 e. The predicted octanol–water partition coefficient (Wildman–Crippen LogP) is 2.90. The third-order valence-electron chi connectivity index (χ3n) is 3.62. The molecule has 1 aliphatic heterocycles. The van der Waals surface area contributed by atoms with Gasteiger partial charge in [0.2, 0.25) is 0 Å². The average molecular weight is 559 g/mol. The molecule has 0 aliphatic carbocycles. The van der Waals surface area contributed by atoms with E-state index in [2.05, 4.69) is 10.8 Å². The molecule has 166 valence electrons. The number of carbonyl (C=O) groups is 1. The molecule has 1 aromatic rings. The van der Waals surface area contributed by atoms with Crippen molar-refractivity contribution < 1.29 is 32.7 Å². The van der Waals surface area contributed by atoms with E-state index in [1.54, 1.807) is 15.8 Å². The van der Waals surface area contributed by atoms with Crippen molar-refractivity contribution in [2.45, 2.75) is 6.54 Å². The van der Waals surface area contributed by atoms with E-state index in [1.807, 2.05) is 11.7 Å². The summed E-state index contributed by atoms with van der Waals surface area (Å²) in [5.74, 6) is -3.36. The molecule has 0 saturated carbocycles. The third-order valence-corrected chi connectivity index (χ3v) is 5.87. The summed E-state index contributed by atoms with van der Waals surface area (Å²) in [5.41, 5.74) is 3.46. The van der Waals surface area contributed by atoms with E-state index in [0.717, 1.165) is 6.07 Å². The van der Waals surface area contributed by atoms with Crippen LogP contribution < -0.4 is 16.3 Å². The SMILES string of the molecule is CSCCONCc1cc(C(=O)NOCCO)c(NC2=C(F)C=IC=C2)c(F)c1F. The van der Waals surface area contributed by atoms with Crippen molar-refractivity contribution in [3.63, 3.8) is 0 Å². The lowest BCUT2D eigenvalue weighted by Gasteiger charge is -2.17. The number of hydrogen-bond acceptors (Lipinski definition) is 7. The van der Waals surface area contributed by atoms with Crippen LogP contribution in [0.15, 0.2) is 27.7 Å². The van der Waals surface area contributed by atoms with Gasteiger partial charge in [-0.25, -0.2) is 18.7 Å². The number of nitrogens with one attached hydrogen (secondary N) is 3. The van der Waals surface area contributed by atoms with E-state index < -0.39 is 49.8 Å². The van der Waals surface area contributed by atoms with E-state index in [1.165, 1.54) is 10.1 Å². The second-order valence-electron chi connectivity index (χ2n) is 5.67. The normalized spacial score (nSPS) is 13.4. The molecule has 1 aliphatic rings. The van der Waals surface area contributed by atoms with Crippen molar-refractivity contribution in [3.8, 4) is 0 Å². The first-order valence-electron chi connectivity index (χ1n) is 8.65. The topological polar surface area (TPSA) is 91.9 Å². The largest absolute Gasteiger partial charge is 0.394 e. The summed E-state index contributed by atoms with van der Waals surface area (Å²) in [6.07, 6.45) is 3.31. The van der Waals surface area contributed by atoms with Crippen molar-refractivity contribution in [2.75, 3.05) is 37.1 Å². The minimum absolute atomic E-state index is 0.0872. The molecule has 0 saturated heterocycles. The standard InChI is InChI=1S/C18H21F3IN3O4S/c1-30-7-6-28-23-10-11-8-12(18(27)25-29-5-4-26)17(16(21)15(11)20)24-14-2-3-22-9-13(14)19/h2-3,8-9,23-24,26H,4-7,10H2,1H3,(H,25,27). The van der Waals surface area contributed by atoms with Gasteiger partial charge < -0.3 is 15.3 Å². The molecule has 0 fully saturated rings. The van der Waals surface area contributed by atoms with Gasteiger partial charge in [0, 0.05) is 21.9 Å². The summed E-state index contributed by atoms with van der Waals surface area (Å²) in [4.78, 5) is 22.3. The monoisotopic (exact) mass is 559 g/mol. The lowest BCUT2D eigenvalue weighted by Crippen LogP contribution is -2.27. The zero-order valence-electron chi connectivity index (χ0n) is 15.9. The van der Waals surface area contributed by atoms with Crippen LogP contribution in [0.25, 0.3) is 0 Å². The van der Waals surface area contributed by atoms with Crippen LogP contribution in [-0.4, -0.2) is 46.9 Å². The highest BCUT2D eigenvalue weighted by molar-refractivity contribution is 14.2. The molecular weight excluding hydrogens is 538 g/mol. The van der Waals surface area contributed by atoms with E-state index in [-0.39, 0.29) is 36.6 Å². The van der Waals surface area contributed by atoms with Crippen molar-refractivity contribution in [2.24, 2.45) is 0 Å². The number of aliphatic hydroxyl groups excluding tert-OH is 1. The third kappa shape index (κ3) is 7.06. The van der Waals surface area contributed by atoms with Crippen LogP contribution in [0.1, 0.15) is 15.9 Å². The molecule has 0 radical (unpaired) electrons. The highest BCUT2D eigenvalue weighted by Crippen LogP contribution is 2.29. The second kappa shape index (κ2) is 13.1. The molecule has 7 nitrogen and oxygen atoms in total. The van der Waals surface area contributed by atoms with Gasteiger partial charge in [0.15, 0.2) is 17.5 Å². The number of thioether (sulfide) groups is 1. The van der Waals surface area contributed by atoms with Gasteiger partial charge in [0.05, 0.1) is 36.8 Å². The summed E-state index contributed by atoms with van der Waals surface area (Å²) in [7, 11) is 0. The van der Waals surface area contributed by atoms with E-state index in [4.69, 9.17) is 14.8 Å². The molecule has 0 aromatic heterocycles. The highest BCUT2D eigenvalue weighted by atomic mass is 127. The number of rotatable bonds is 12. The van der Waals surface area contributed by atoms with Gasteiger partial charge in [0.1, 0.15) is 0 Å². The number of aliphatic hydroxyl groups is 1.